The minimum Gasteiger partial charge on any atom is -0.389 e. The van der Waals surface area contributed by atoms with Crippen molar-refractivity contribution in [3.63, 3.8) is 0 Å². The molecule has 1 atom stereocenters. The highest BCUT2D eigenvalue weighted by atomic mass is 35.5. The summed E-state index contributed by atoms with van der Waals surface area (Å²) in [5.41, 5.74) is 1.35. The fraction of sp³-hybridized carbons (Fsp3) is 0.231. The molecule has 1 unspecified atom stereocenters. The Balaban J connectivity index is 2.22. The maximum absolute atomic E-state index is 13.5. The lowest BCUT2D eigenvalue weighted by atomic mass is 10.2. The molecular formula is C13H13ClFNO. The van der Waals surface area contributed by atoms with E-state index in [4.69, 9.17) is 11.6 Å². The highest BCUT2D eigenvalue weighted by Crippen LogP contribution is 2.18. The van der Waals surface area contributed by atoms with Gasteiger partial charge in [-0.15, -0.1) is 0 Å². The van der Waals surface area contributed by atoms with Crippen LogP contribution in [0.5, 0.6) is 0 Å². The Morgan fingerprint density at radius 2 is 2.18 bits per heavy atom. The van der Waals surface area contributed by atoms with E-state index < -0.39 is 6.10 Å². The van der Waals surface area contributed by atoms with E-state index in [2.05, 4.69) is 0 Å². The van der Waals surface area contributed by atoms with Gasteiger partial charge in [0.2, 0.25) is 0 Å². The third-order valence-electron chi connectivity index (χ3n) is 2.62. The Bertz CT molecular complexity index is 522. The van der Waals surface area contributed by atoms with Crippen molar-refractivity contribution in [1.82, 2.24) is 4.57 Å². The summed E-state index contributed by atoms with van der Waals surface area (Å²) in [6, 6.07) is 6.31. The van der Waals surface area contributed by atoms with Gasteiger partial charge in [-0.1, -0.05) is 11.6 Å². The molecule has 0 saturated carbocycles. The molecule has 0 amide bonds. The normalized spacial score (nSPS) is 12.7. The topological polar surface area (TPSA) is 25.2 Å². The lowest BCUT2D eigenvalue weighted by Gasteiger charge is -2.05. The molecule has 2 aromatic rings. The van der Waals surface area contributed by atoms with E-state index in [0.717, 1.165) is 5.56 Å². The largest absolute Gasteiger partial charge is 0.389 e. The summed E-state index contributed by atoms with van der Waals surface area (Å²) in [6.45, 7) is 2.10. The summed E-state index contributed by atoms with van der Waals surface area (Å²) in [5, 5.41) is 9.91. The van der Waals surface area contributed by atoms with Crippen LogP contribution in [-0.2, 0) is 6.54 Å². The Morgan fingerprint density at radius 3 is 2.82 bits per heavy atom. The van der Waals surface area contributed by atoms with E-state index >= 15 is 0 Å². The van der Waals surface area contributed by atoms with Crippen LogP contribution in [0, 0.1) is 5.82 Å². The van der Waals surface area contributed by atoms with Gasteiger partial charge in [-0.25, -0.2) is 4.39 Å². The second-order valence-corrected chi connectivity index (χ2v) is 4.47. The van der Waals surface area contributed by atoms with Gasteiger partial charge in [0.15, 0.2) is 0 Å². The molecule has 2 nitrogen and oxygen atoms in total. The molecule has 0 aliphatic carbocycles. The van der Waals surface area contributed by atoms with Gasteiger partial charge in [0.05, 0.1) is 6.10 Å². The van der Waals surface area contributed by atoms with Crippen LogP contribution in [0.3, 0.4) is 0 Å². The smallest absolute Gasteiger partial charge is 0.128 e. The van der Waals surface area contributed by atoms with Crippen LogP contribution in [-0.4, -0.2) is 9.67 Å². The minimum absolute atomic E-state index is 0.276. The predicted octanol–water partition coefficient (Wildman–Crippen LogP) is 3.38. The van der Waals surface area contributed by atoms with Crippen LogP contribution < -0.4 is 0 Å². The van der Waals surface area contributed by atoms with Gasteiger partial charge < -0.3 is 9.67 Å². The van der Waals surface area contributed by atoms with Crippen LogP contribution in [0.15, 0.2) is 36.7 Å². The lowest BCUT2D eigenvalue weighted by Crippen LogP contribution is -1.99. The average molecular weight is 254 g/mol. The molecule has 0 bridgehead atoms. The first-order valence-corrected chi connectivity index (χ1v) is 5.72. The summed E-state index contributed by atoms with van der Waals surface area (Å²) >= 11 is 5.82. The van der Waals surface area contributed by atoms with Crippen molar-refractivity contribution in [2.24, 2.45) is 0 Å². The Kier molecular flexibility index (Phi) is 3.50. The zero-order valence-corrected chi connectivity index (χ0v) is 10.2. The number of hydrogen-bond donors (Lipinski definition) is 1. The van der Waals surface area contributed by atoms with E-state index in [9.17, 15) is 9.50 Å². The maximum Gasteiger partial charge on any atom is 0.128 e. The van der Waals surface area contributed by atoms with Crippen molar-refractivity contribution in [3.05, 3.63) is 58.6 Å². The van der Waals surface area contributed by atoms with Gasteiger partial charge in [-0.05, 0) is 36.8 Å². The quantitative estimate of drug-likeness (QED) is 0.891. The molecule has 1 aromatic heterocycles. The lowest BCUT2D eigenvalue weighted by molar-refractivity contribution is 0.199. The van der Waals surface area contributed by atoms with E-state index in [0.29, 0.717) is 17.1 Å². The van der Waals surface area contributed by atoms with Gasteiger partial charge in [-0.2, -0.15) is 0 Å². The average Bonchev–Trinajstić information content (AvgIpc) is 2.72. The number of aliphatic hydroxyl groups is 1. The third kappa shape index (κ3) is 2.87. The molecule has 0 spiro atoms. The zero-order valence-electron chi connectivity index (χ0n) is 9.40. The van der Waals surface area contributed by atoms with Gasteiger partial charge >= 0.3 is 0 Å². The van der Waals surface area contributed by atoms with Gasteiger partial charge in [0.25, 0.3) is 0 Å². The van der Waals surface area contributed by atoms with Crippen LogP contribution in [0.4, 0.5) is 4.39 Å². The van der Waals surface area contributed by atoms with Crippen molar-refractivity contribution >= 4 is 11.6 Å². The minimum atomic E-state index is -0.513. The van der Waals surface area contributed by atoms with E-state index in [1.54, 1.807) is 19.2 Å². The highest BCUT2D eigenvalue weighted by molar-refractivity contribution is 6.30. The Morgan fingerprint density at radius 1 is 1.41 bits per heavy atom. The maximum atomic E-state index is 13.5. The number of benzene rings is 1. The molecule has 2 rings (SSSR count). The molecule has 1 aromatic carbocycles. The number of nitrogens with zero attached hydrogens (tertiary/aromatic N) is 1. The molecule has 0 aliphatic rings. The molecule has 1 N–H and O–H groups in total. The number of aromatic nitrogens is 1. The fourth-order valence-corrected chi connectivity index (χ4v) is 1.86. The molecule has 4 heteroatoms. The van der Waals surface area contributed by atoms with Crippen molar-refractivity contribution in [1.29, 1.82) is 0 Å². The summed E-state index contributed by atoms with van der Waals surface area (Å²) in [6.07, 6.45) is 3.09. The van der Waals surface area contributed by atoms with Crippen LogP contribution in [0.2, 0.25) is 5.02 Å². The second-order valence-electron chi connectivity index (χ2n) is 4.03. The standard InChI is InChI=1S/C13H13ClFNO/c1-9(17)10-4-5-16(7-10)8-11-6-12(14)2-3-13(11)15/h2-7,9,17H,8H2,1H3. The monoisotopic (exact) mass is 253 g/mol. The number of rotatable bonds is 3. The molecule has 0 aliphatic heterocycles. The molecule has 0 saturated heterocycles. The van der Waals surface area contributed by atoms with Gasteiger partial charge in [-0.3, -0.25) is 0 Å². The van der Waals surface area contributed by atoms with E-state index in [1.807, 2.05) is 16.8 Å². The molecule has 90 valence electrons. The number of aliphatic hydroxyl groups excluding tert-OH is 1. The van der Waals surface area contributed by atoms with E-state index in [1.165, 1.54) is 12.1 Å². The van der Waals surface area contributed by atoms with Crippen LogP contribution in [0.1, 0.15) is 24.2 Å². The SMILES string of the molecule is CC(O)c1ccn(Cc2cc(Cl)ccc2F)c1. The number of hydrogen-bond acceptors (Lipinski definition) is 1. The van der Waals surface area contributed by atoms with Crippen LogP contribution in [0.25, 0.3) is 0 Å². The summed E-state index contributed by atoms with van der Waals surface area (Å²) in [5.74, 6) is -0.276. The van der Waals surface area contributed by atoms with Crippen LogP contribution >= 0.6 is 11.6 Å². The van der Waals surface area contributed by atoms with E-state index in [-0.39, 0.29) is 5.82 Å². The first kappa shape index (κ1) is 12.1. The summed E-state index contributed by atoms with van der Waals surface area (Å²) in [4.78, 5) is 0. The summed E-state index contributed by atoms with van der Waals surface area (Å²) < 4.78 is 15.3. The fourth-order valence-electron chi connectivity index (χ4n) is 1.67. The third-order valence-corrected chi connectivity index (χ3v) is 2.85. The molecule has 1 heterocycles. The van der Waals surface area contributed by atoms with Crippen molar-refractivity contribution < 1.29 is 9.50 Å². The van der Waals surface area contributed by atoms with Gasteiger partial charge in [0.1, 0.15) is 5.82 Å². The first-order chi connectivity index (χ1) is 8.06. The molecule has 0 radical (unpaired) electrons. The Labute approximate surface area is 104 Å². The number of halogens is 2. The second kappa shape index (κ2) is 4.90. The van der Waals surface area contributed by atoms with Crippen molar-refractivity contribution in [3.8, 4) is 0 Å². The zero-order chi connectivity index (χ0) is 12.4. The molecular weight excluding hydrogens is 241 g/mol. The Hall–Kier alpha value is -1.32. The van der Waals surface area contributed by atoms with Crippen molar-refractivity contribution in [2.75, 3.05) is 0 Å². The predicted molar refractivity (Wildman–Crippen MR) is 65.6 cm³/mol. The molecule has 17 heavy (non-hydrogen) atoms. The highest BCUT2D eigenvalue weighted by Gasteiger charge is 2.06. The van der Waals surface area contributed by atoms with Gasteiger partial charge in [0, 0.05) is 29.5 Å². The van der Waals surface area contributed by atoms with Crippen molar-refractivity contribution in [2.45, 2.75) is 19.6 Å². The summed E-state index contributed by atoms with van der Waals surface area (Å²) in [7, 11) is 0. The first-order valence-electron chi connectivity index (χ1n) is 5.34. The molecule has 0 fully saturated rings.